The minimum absolute atomic E-state index is 0.0246. The van der Waals surface area contributed by atoms with E-state index in [1.807, 2.05) is 0 Å². The summed E-state index contributed by atoms with van der Waals surface area (Å²) < 4.78 is 5.46. The highest BCUT2D eigenvalue weighted by atomic mass is 16.8. The van der Waals surface area contributed by atoms with Gasteiger partial charge in [-0.1, -0.05) is 17.9 Å². The molecule has 186 valence electrons. The summed E-state index contributed by atoms with van der Waals surface area (Å²) in [5, 5.41) is 42.3. The van der Waals surface area contributed by atoms with Crippen LogP contribution in [0.25, 0.3) is 5.57 Å². The van der Waals surface area contributed by atoms with Gasteiger partial charge in [-0.3, -0.25) is 0 Å². The molecule has 0 spiro atoms. The SMILES string of the molecule is CN1CCC(N/C=C(\C=N)c2cnc(N)c(OC(O)(O)c3cccc(C#CC(C)(C)O)c3)c2)CC1. The highest BCUT2D eigenvalue weighted by Gasteiger charge is 2.30. The van der Waals surface area contributed by atoms with E-state index in [1.165, 1.54) is 30.6 Å². The number of anilines is 1. The minimum atomic E-state index is -2.72. The lowest BCUT2D eigenvalue weighted by Gasteiger charge is -2.29. The van der Waals surface area contributed by atoms with Crippen LogP contribution >= 0.6 is 0 Å². The summed E-state index contributed by atoms with van der Waals surface area (Å²) >= 11 is 0. The van der Waals surface area contributed by atoms with Gasteiger partial charge in [0.1, 0.15) is 5.60 Å². The normalized spacial score (nSPS) is 15.8. The topological polar surface area (TPSA) is 148 Å². The first kappa shape index (κ1) is 26.2. The van der Waals surface area contributed by atoms with Gasteiger partial charge >= 0.3 is 5.97 Å². The fourth-order valence-electron chi connectivity index (χ4n) is 3.52. The Bertz CT molecular complexity index is 1140. The summed E-state index contributed by atoms with van der Waals surface area (Å²) in [6, 6.07) is 8.00. The molecule has 1 fully saturated rings. The molecule has 0 unspecified atom stereocenters. The number of piperidine rings is 1. The number of pyridine rings is 1. The fraction of sp³-hybridized carbons (Fsp3) is 0.385. The van der Waals surface area contributed by atoms with E-state index in [1.54, 1.807) is 32.2 Å². The van der Waals surface area contributed by atoms with Crippen molar-refractivity contribution < 1.29 is 20.1 Å². The van der Waals surface area contributed by atoms with Crippen LogP contribution in [0.3, 0.4) is 0 Å². The van der Waals surface area contributed by atoms with Gasteiger partial charge in [0.25, 0.3) is 0 Å². The molecule has 0 atom stereocenters. The quantitative estimate of drug-likeness (QED) is 0.199. The first-order chi connectivity index (χ1) is 16.5. The van der Waals surface area contributed by atoms with E-state index in [4.69, 9.17) is 15.9 Å². The number of rotatable bonds is 7. The van der Waals surface area contributed by atoms with Crippen LogP contribution in [0.1, 0.15) is 43.4 Å². The molecule has 0 saturated carbocycles. The van der Waals surface area contributed by atoms with Crippen LogP contribution in [-0.4, -0.2) is 63.2 Å². The molecule has 0 amide bonds. The molecule has 9 nitrogen and oxygen atoms in total. The van der Waals surface area contributed by atoms with Crippen molar-refractivity contribution >= 4 is 17.6 Å². The number of likely N-dealkylation sites (tertiary alicyclic amines) is 1. The Morgan fingerprint density at radius 3 is 2.63 bits per heavy atom. The number of benzene rings is 1. The molecule has 1 aliphatic rings. The van der Waals surface area contributed by atoms with Gasteiger partial charge in [-0.15, -0.1) is 0 Å². The maximum Gasteiger partial charge on any atom is 0.351 e. The first-order valence-corrected chi connectivity index (χ1v) is 11.4. The highest BCUT2D eigenvalue weighted by molar-refractivity contribution is 6.08. The second-order valence-corrected chi connectivity index (χ2v) is 9.20. The Morgan fingerprint density at radius 1 is 1.26 bits per heavy atom. The van der Waals surface area contributed by atoms with Gasteiger partial charge in [-0.05, 0) is 71.1 Å². The second kappa shape index (κ2) is 10.9. The zero-order valence-corrected chi connectivity index (χ0v) is 20.2. The second-order valence-electron chi connectivity index (χ2n) is 9.20. The molecule has 0 radical (unpaired) electrons. The van der Waals surface area contributed by atoms with E-state index in [0.717, 1.165) is 25.9 Å². The Morgan fingerprint density at radius 2 is 1.97 bits per heavy atom. The number of hydrogen-bond acceptors (Lipinski definition) is 9. The molecule has 1 aliphatic heterocycles. The molecule has 7 N–H and O–H groups in total. The molecular weight excluding hydrogens is 446 g/mol. The third-order valence-corrected chi connectivity index (χ3v) is 5.57. The molecule has 3 rings (SSSR count). The summed E-state index contributed by atoms with van der Waals surface area (Å²) in [5.41, 5.74) is 6.32. The van der Waals surface area contributed by atoms with Crippen LogP contribution in [0, 0.1) is 17.3 Å². The van der Waals surface area contributed by atoms with E-state index in [2.05, 4.69) is 34.1 Å². The lowest BCUT2D eigenvalue weighted by molar-refractivity contribution is -0.303. The monoisotopic (exact) mass is 479 g/mol. The molecule has 1 aromatic carbocycles. The maximum atomic E-state index is 10.7. The van der Waals surface area contributed by atoms with Crippen molar-refractivity contribution in [2.75, 3.05) is 25.9 Å². The lowest BCUT2D eigenvalue weighted by atomic mass is 10.1. The molecule has 2 heterocycles. The Hall–Kier alpha value is -3.42. The predicted octanol–water partition coefficient (Wildman–Crippen LogP) is 1.63. The number of allylic oxidation sites excluding steroid dienone is 1. The van der Waals surface area contributed by atoms with Gasteiger partial charge < -0.3 is 41.4 Å². The number of hydrogen-bond donors (Lipinski definition) is 6. The van der Waals surface area contributed by atoms with Gasteiger partial charge in [0.2, 0.25) is 0 Å². The number of nitrogens with one attached hydrogen (secondary N) is 2. The smallest absolute Gasteiger partial charge is 0.351 e. The number of aliphatic hydroxyl groups is 3. The molecule has 1 aromatic heterocycles. The average Bonchev–Trinajstić information content (AvgIpc) is 2.81. The van der Waals surface area contributed by atoms with E-state index < -0.39 is 11.6 Å². The predicted molar refractivity (Wildman–Crippen MR) is 135 cm³/mol. The molecule has 0 bridgehead atoms. The van der Waals surface area contributed by atoms with Gasteiger partial charge in [0.15, 0.2) is 11.6 Å². The van der Waals surface area contributed by atoms with Crippen LogP contribution < -0.4 is 15.8 Å². The van der Waals surface area contributed by atoms with Crippen molar-refractivity contribution in [1.82, 2.24) is 15.2 Å². The number of nitrogens with two attached hydrogens (primary N) is 1. The van der Waals surface area contributed by atoms with Crippen molar-refractivity contribution in [3.63, 3.8) is 0 Å². The molecule has 1 saturated heterocycles. The zero-order chi connectivity index (χ0) is 25.6. The van der Waals surface area contributed by atoms with Crippen molar-refractivity contribution in [2.24, 2.45) is 0 Å². The third kappa shape index (κ3) is 7.53. The number of ether oxygens (including phenoxy) is 1. The van der Waals surface area contributed by atoms with Crippen molar-refractivity contribution in [3.05, 3.63) is 59.4 Å². The minimum Gasteiger partial charge on any atom is -0.432 e. The van der Waals surface area contributed by atoms with Crippen LogP contribution in [0.2, 0.25) is 0 Å². The van der Waals surface area contributed by atoms with Crippen molar-refractivity contribution in [1.29, 1.82) is 5.41 Å². The van der Waals surface area contributed by atoms with E-state index in [0.29, 0.717) is 22.7 Å². The van der Waals surface area contributed by atoms with E-state index in [9.17, 15) is 15.3 Å². The maximum absolute atomic E-state index is 10.7. The molecule has 0 aliphatic carbocycles. The van der Waals surface area contributed by atoms with Gasteiger partial charge in [0.05, 0.1) is 5.56 Å². The standard InChI is InChI=1S/C26H33N5O4/c1-25(2,32)10-7-18-5-4-6-21(13-18)26(33,34)35-23-14-19(16-30-24(23)28)20(15-27)17-29-22-8-11-31(3)12-9-22/h4-6,13-17,22,27,29,32-34H,8-9,11-12H2,1-3H3,(H2,28,30)/b20-17+,27-15?. The van der Waals surface area contributed by atoms with Crippen LogP contribution in [0.4, 0.5) is 5.82 Å². The fourth-order valence-corrected chi connectivity index (χ4v) is 3.52. The van der Waals surface area contributed by atoms with Crippen LogP contribution in [0.5, 0.6) is 5.75 Å². The van der Waals surface area contributed by atoms with Gasteiger partial charge in [0, 0.05) is 41.4 Å². The molecular formula is C26H33N5O4. The number of nitrogens with zero attached hydrogens (tertiary/aromatic N) is 2. The molecule has 9 heteroatoms. The van der Waals surface area contributed by atoms with E-state index >= 15 is 0 Å². The summed E-state index contributed by atoms with van der Waals surface area (Å²) in [7, 11) is 2.10. The summed E-state index contributed by atoms with van der Waals surface area (Å²) in [5.74, 6) is 2.66. The lowest BCUT2D eigenvalue weighted by Crippen LogP contribution is -2.38. The van der Waals surface area contributed by atoms with Gasteiger partial charge in [-0.2, -0.15) is 0 Å². The summed E-state index contributed by atoms with van der Waals surface area (Å²) in [4.78, 5) is 6.38. The van der Waals surface area contributed by atoms with Crippen molar-refractivity contribution in [2.45, 2.75) is 44.3 Å². The van der Waals surface area contributed by atoms with Crippen LogP contribution in [-0.2, 0) is 5.97 Å². The average molecular weight is 480 g/mol. The molecule has 35 heavy (non-hydrogen) atoms. The zero-order valence-electron chi connectivity index (χ0n) is 20.2. The highest BCUT2D eigenvalue weighted by Crippen LogP contribution is 2.30. The summed E-state index contributed by atoms with van der Waals surface area (Å²) in [6.45, 7) is 5.12. The number of nitrogen functional groups attached to an aromatic ring is 1. The third-order valence-electron chi connectivity index (χ3n) is 5.57. The first-order valence-electron chi connectivity index (χ1n) is 11.4. The summed E-state index contributed by atoms with van der Waals surface area (Å²) in [6.07, 6.45) is 6.45. The largest absolute Gasteiger partial charge is 0.432 e. The van der Waals surface area contributed by atoms with E-state index in [-0.39, 0.29) is 17.1 Å². The van der Waals surface area contributed by atoms with Gasteiger partial charge in [-0.25, -0.2) is 4.98 Å². The Labute approximate surface area is 205 Å². The Kier molecular flexibility index (Phi) is 8.14. The van der Waals surface area contributed by atoms with Crippen LogP contribution in [0.15, 0.2) is 42.7 Å². The van der Waals surface area contributed by atoms with Crippen molar-refractivity contribution in [3.8, 4) is 17.6 Å². The number of aromatic nitrogens is 1. The molecule has 2 aromatic rings. The Balaban J connectivity index is 1.80.